The lowest BCUT2D eigenvalue weighted by atomic mass is 9.96. The monoisotopic (exact) mass is 245 g/mol. The Morgan fingerprint density at radius 1 is 1.17 bits per heavy atom. The highest BCUT2D eigenvalue weighted by Crippen LogP contribution is 2.23. The van der Waals surface area contributed by atoms with Crippen LogP contribution in [0.4, 0.5) is 0 Å². The van der Waals surface area contributed by atoms with E-state index < -0.39 is 0 Å². The minimum atomic E-state index is 0.220. The van der Waals surface area contributed by atoms with Gasteiger partial charge in [0.25, 0.3) is 5.91 Å². The van der Waals surface area contributed by atoms with E-state index >= 15 is 0 Å². The zero-order chi connectivity index (χ0) is 13.3. The summed E-state index contributed by atoms with van der Waals surface area (Å²) in [6.07, 6.45) is 3.52. The van der Waals surface area contributed by atoms with E-state index in [9.17, 15) is 4.79 Å². The predicted molar refractivity (Wildman–Crippen MR) is 75.0 cm³/mol. The Kier molecular flexibility index (Phi) is 3.74. The topological polar surface area (TPSA) is 20.3 Å². The average Bonchev–Trinajstić information content (AvgIpc) is 2.27. The first-order valence-electron chi connectivity index (χ1n) is 6.89. The molecule has 0 unspecified atom stereocenters. The molecule has 0 spiro atoms. The summed E-state index contributed by atoms with van der Waals surface area (Å²) in [7, 11) is 0. The van der Waals surface area contributed by atoms with Gasteiger partial charge in [-0.15, -0.1) is 0 Å². The Balaban J connectivity index is 2.33. The maximum absolute atomic E-state index is 12.7. The van der Waals surface area contributed by atoms with Crippen LogP contribution in [-0.4, -0.2) is 23.4 Å². The summed E-state index contributed by atoms with van der Waals surface area (Å²) in [5.74, 6) is 0.220. The standard InChI is InChI=1S/C16H23NO/c1-11-9-12(2)15(13(3)10-11)16(18)17-8-6-5-7-14(17)4/h9-10,14H,5-8H2,1-4H3/t14-/m0/s1. The Morgan fingerprint density at radius 2 is 1.78 bits per heavy atom. The summed E-state index contributed by atoms with van der Waals surface area (Å²) >= 11 is 0. The molecule has 2 nitrogen and oxygen atoms in total. The zero-order valence-corrected chi connectivity index (χ0v) is 11.9. The van der Waals surface area contributed by atoms with Crippen LogP contribution in [0.5, 0.6) is 0 Å². The quantitative estimate of drug-likeness (QED) is 0.740. The number of carbonyl (C=O) groups excluding carboxylic acids is 1. The van der Waals surface area contributed by atoms with Crippen molar-refractivity contribution in [1.29, 1.82) is 0 Å². The van der Waals surface area contributed by atoms with Gasteiger partial charge < -0.3 is 4.90 Å². The first kappa shape index (κ1) is 13.1. The molecule has 1 heterocycles. The van der Waals surface area contributed by atoms with Crippen molar-refractivity contribution >= 4 is 5.91 Å². The molecule has 2 heteroatoms. The molecule has 1 saturated heterocycles. The van der Waals surface area contributed by atoms with Crippen molar-refractivity contribution in [3.05, 3.63) is 34.4 Å². The van der Waals surface area contributed by atoms with Crippen LogP contribution in [0.2, 0.25) is 0 Å². The van der Waals surface area contributed by atoms with Crippen LogP contribution in [-0.2, 0) is 0 Å². The Morgan fingerprint density at radius 3 is 2.33 bits per heavy atom. The normalized spacial score (nSPS) is 20.0. The first-order valence-corrected chi connectivity index (χ1v) is 6.89. The molecule has 1 aromatic carbocycles. The number of likely N-dealkylation sites (tertiary alicyclic amines) is 1. The molecule has 0 aromatic heterocycles. The lowest BCUT2D eigenvalue weighted by molar-refractivity contribution is 0.0634. The molecule has 1 amide bonds. The van der Waals surface area contributed by atoms with Gasteiger partial charge in [-0.25, -0.2) is 0 Å². The van der Waals surface area contributed by atoms with Gasteiger partial charge in [0.2, 0.25) is 0 Å². The fraction of sp³-hybridized carbons (Fsp3) is 0.562. The van der Waals surface area contributed by atoms with Crippen molar-refractivity contribution in [2.24, 2.45) is 0 Å². The predicted octanol–water partition coefficient (Wildman–Crippen LogP) is 3.63. The van der Waals surface area contributed by atoms with E-state index in [4.69, 9.17) is 0 Å². The number of piperidine rings is 1. The zero-order valence-electron chi connectivity index (χ0n) is 11.9. The molecular weight excluding hydrogens is 222 g/mol. The van der Waals surface area contributed by atoms with Gasteiger partial charge in [-0.3, -0.25) is 4.79 Å². The van der Waals surface area contributed by atoms with Crippen LogP contribution < -0.4 is 0 Å². The molecule has 1 aliphatic rings. The van der Waals surface area contributed by atoms with Gasteiger partial charge in [-0.1, -0.05) is 17.7 Å². The highest BCUT2D eigenvalue weighted by atomic mass is 16.2. The number of hydrogen-bond acceptors (Lipinski definition) is 1. The van der Waals surface area contributed by atoms with Crippen molar-refractivity contribution in [3.63, 3.8) is 0 Å². The Hall–Kier alpha value is -1.31. The van der Waals surface area contributed by atoms with Crippen LogP contribution in [0.15, 0.2) is 12.1 Å². The molecule has 18 heavy (non-hydrogen) atoms. The van der Waals surface area contributed by atoms with Crippen LogP contribution >= 0.6 is 0 Å². The molecule has 0 bridgehead atoms. The first-order chi connectivity index (χ1) is 8.50. The summed E-state index contributed by atoms with van der Waals surface area (Å²) in [4.78, 5) is 14.7. The molecule has 1 aromatic rings. The third kappa shape index (κ3) is 2.43. The second kappa shape index (κ2) is 5.13. The molecule has 0 radical (unpaired) electrons. The number of carbonyl (C=O) groups is 1. The van der Waals surface area contributed by atoms with E-state index in [0.29, 0.717) is 6.04 Å². The van der Waals surface area contributed by atoms with Gasteiger partial charge in [0.15, 0.2) is 0 Å². The summed E-state index contributed by atoms with van der Waals surface area (Å²) < 4.78 is 0. The maximum atomic E-state index is 12.7. The van der Waals surface area contributed by atoms with Crippen molar-refractivity contribution in [1.82, 2.24) is 4.90 Å². The highest BCUT2D eigenvalue weighted by Gasteiger charge is 2.26. The van der Waals surface area contributed by atoms with Gasteiger partial charge >= 0.3 is 0 Å². The maximum Gasteiger partial charge on any atom is 0.254 e. The number of nitrogens with zero attached hydrogens (tertiary/aromatic N) is 1. The fourth-order valence-electron chi connectivity index (χ4n) is 3.06. The van der Waals surface area contributed by atoms with Gasteiger partial charge in [0.1, 0.15) is 0 Å². The number of rotatable bonds is 1. The molecule has 1 atom stereocenters. The van der Waals surface area contributed by atoms with E-state index in [1.165, 1.54) is 12.0 Å². The second-order valence-electron chi connectivity index (χ2n) is 5.62. The second-order valence-corrected chi connectivity index (χ2v) is 5.62. The third-order valence-corrected chi connectivity index (χ3v) is 3.95. The third-order valence-electron chi connectivity index (χ3n) is 3.95. The van der Waals surface area contributed by atoms with Gasteiger partial charge in [-0.05, 0) is 58.1 Å². The summed E-state index contributed by atoms with van der Waals surface area (Å²) in [6, 6.07) is 4.59. The average molecular weight is 245 g/mol. The van der Waals surface area contributed by atoms with Gasteiger partial charge in [0.05, 0.1) is 0 Å². The number of amides is 1. The number of hydrogen-bond donors (Lipinski definition) is 0. The molecule has 2 rings (SSSR count). The molecule has 0 saturated carbocycles. The minimum Gasteiger partial charge on any atom is -0.336 e. The summed E-state index contributed by atoms with van der Waals surface area (Å²) in [5.41, 5.74) is 4.35. The lowest BCUT2D eigenvalue weighted by Gasteiger charge is -2.34. The van der Waals surface area contributed by atoms with E-state index in [1.807, 2.05) is 18.7 Å². The van der Waals surface area contributed by atoms with E-state index in [-0.39, 0.29) is 5.91 Å². The summed E-state index contributed by atoms with van der Waals surface area (Å²) in [6.45, 7) is 9.24. The molecule has 1 fully saturated rings. The summed E-state index contributed by atoms with van der Waals surface area (Å²) in [5, 5.41) is 0. The van der Waals surface area contributed by atoms with E-state index in [1.54, 1.807) is 0 Å². The molecule has 0 N–H and O–H groups in total. The molecule has 98 valence electrons. The number of benzene rings is 1. The fourth-order valence-corrected chi connectivity index (χ4v) is 3.06. The van der Waals surface area contributed by atoms with Crippen LogP contribution in [0.25, 0.3) is 0 Å². The lowest BCUT2D eigenvalue weighted by Crippen LogP contribution is -2.42. The van der Waals surface area contributed by atoms with Crippen molar-refractivity contribution in [3.8, 4) is 0 Å². The van der Waals surface area contributed by atoms with Crippen molar-refractivity contribution < 1.29 is 4.79 Å². The minimum absolute atomic E-state index is 0.220. The largest absolute Gasteiger partial charge is 0.336 e. The molecule has 1 aliphatic heterocycles. The van der Waals surface area contributed by atoms with Crippen LogP contribution in [0.1, 0.15) is 53.2 Å². The van der Waals surface area contributed by atoms with Crippen LogP contribution in [0, 0.1) is 20.8 Å². The Bertz CT molecular complexity index is 441. The SMILES string of the molecule is Cc1cc(C)c(C(=O)N2CCCC[C@@H]2C)c(C)c1. The highest BCUT2D eigenvalue weighted by molar-refractivity contribution is 5.97. The van der Waals surface area contributed by atoms with Crippen molar-refractivity contribution in [2.45, 2.75) is 53.0 Å². The van der Waals surface area contributed by atoms with Crippen LogP contribution in [0.3, 0.4) is 0 Å². The Labute approximate surface area is 110 Å². The van der Waals surface area contributed by atoms with Gasteiger partial charge in [0, 0.05) is 18.2 Å². The van der Waals surface area contributed by atoms with E-state index in [2.05, 4.69) is 26.0 Å². The van der Waals surface area contributed by atoms with Gasteiger partial charge in [-0.2, -0.15) is 0 Å². The smallest absolute Gasteiger partial charge is 0.254 e. The van der Waals surface area contributed by atoms with E-state index in [0.717, 1.165) is 36.1 Å². The number of aryl methyl sites for hydroxylation is 3. The molecular formula is C16H23NO. The molecule has 0 aliphatic carbocycles. The van der Waals surface area contributed by atoms with Crippen molar-refractivity contribution in [2.75, 3.05) is 6.54 Å².